The molecule has 1 saturated heterocycles. The molecule has 3 N–H and O–H groups in total. The van der Waals surface area contributed by atoms with Crippen LogP contribution in [0.2, 0.25) is 0 Å². The van der Waals surface area contributed by atoms with Crippen molar-refractivity contribution in [3.63, 3.8) is 0 Å². The Bertz CT molecular complexity index is 319. The zero-order valence-electron chi connectivity index (χ0n) is 9.73. The summed E-state index contributed by atoms with van der Waals surface area (Å²) < 4.78 is 0. The lowest BCUT2D eigenvalue weighted by Crippen LogP contribution is -2.47. The van der Waals surface area contributed by atoms with E-state index < -0.39 is 23.9 Å². The molecule has 0 aromatic carbocycles. The zero-order valence-corrected chi connectivity index (χ0v) is 9.73. The van der Waals surface area contributed by atoms with Crippen molar-refractivity contribution >= 4 is 17.9 Å². The van der Waals surface area contributed by atoms with Gasteiger partial charge in [0.15, 0.2) is 0 Å². The van der Waals surface area contributed by atoms with Crippen molar-refractivity contribution in [1.82, 2.24) is 15.5 Å². The number of imide groups is 1. The number of rotatable bonds is 4. The average Bonchev–Trinajstić information content (AvgIpc) is 2.65. The van der Waals surface area contributed by atoms with E-state index in [9.17, 15) is 14.4 Å². The quantitative estimate of drug-likeness (QED) is 0.611. The van der Waals surface area contributed by atoms with E-state index in [-0.39, 0.29) is 6.54 Å². The summed E-state index contributed by atoms with van der Waals surface area (Å²) in [5.74, 6) is -1.41. The molecule has 7 heteroatoms. The summed E-state index contributed by atoms with van der Waals surface area (Å²) in [6, 6.07) is -1.17. The number of carboxylic acids is 1. The monoisotopic (exact) mass is 243 g/mol. The first kappa shape index (κ1) is 13.4. The van der Waals surface area contributed by atoms with Crippen LogP contribution in [0, 0.1) is 0 Å². The van der Waals surface area contributed by atoms with Gasteiger partial charge in [0.05, 0.1) is 6.54 Å². The Morgan fingerprint density at radius 3 is 2.71 bits per heavy atom. The number of carbonyl (C=O) groups excluding carboxylic acids is 2. The van der Waals surface area contributed by atoms with Gasteiger partial charge in [0.2, 0.25) is 5.91 Å². The lowest BCUT2D eigenvalue weighted by Gasteiger charge is -2.19. The number of urea groups is 1. The number of likely N-dealkylation sites (tertiary alicyclic amines) is 1. The molecule has 0 unspecified atom stereocenters. The first-order valence-corrected chi connectivity index (χ1v) is 5.59. The van der Waals surface area contributed by atoms with Gasteiger partial charge < -0.3 is 10.4 Å². The Balaban J connectivity index is 2.40. The molecule has 1 aliphatic heterocycles. The smallest absolute Gasteiger partial charge is 0.321 e. The van der Waals surface area contributed by atoms with E-state index in [1.807, 2.05) is 0 Å². The third-order valence-electron chi connectivity index (χ3n) is 2.59. The molecule has 17 heavy (non-hydrogen) atoms. The van der Waals surface area contributed by atoms with Crippen LogP contribution >= 0.6 is 0 Å². The van der Waals surface area contributed by atoms with Gasteiger partial charge >= 0.3 is 12.0 Å². The molecule has 1 fully saturated rings. The molecular formula is C10H17N3O4. The molecular weight excluding hydrogens is 226 g/mol. The Kier molecular flexibility index (Phi) is 4.89. The van der Waals surface area contributed by atoms with Gasteiger partial charge in [-0.2, -0.15) is 0 Å². The molecule has 0 bridgehead atoms. The van der Waals surface area contributed by atoms with E-state index in [4.69, 9.17) is 5.11 Å². The lowest BCUT2D eigenvalue weighted by atomic mass is 10.2. The van der Waals surface area contributed by atoms with E-state index in [2.05, 4.69) is 10.6 Å². The van der Waals surface area contributed by atoms with Crippen LogP contribution in [-0.4, -0.2) is 53.6 Å². The fraction of sp³-hybridized carbons (Fsp3) is 0.700. The Labute approximate surface area is 99.2 Å². The molecule has 0 radical (unpaired) electrons. The number of amides is 3. The first-order valence-electron chi connectivity index (χ1n) is 5.59. The molecule has 0 aliphatic carbocycles. The van der Waals surface area contributed by atoms with Crippen molar-refractivity contribution < 1.29 is 19.5 Å². The number of hydrogen-bond acceptors (Lipinski definition) is 4. The molecule has 0 saturated carbocycles. The highest BCUT2D eigenvalue weighted by Crippen LogP contribution is 2.16. The second kappa shape index (κ2) is 6.19. The minimum Gasteiger partial charge on any atom is -0.480 e. The van der Waals surface area contributed by atoms with E-state index in [1.54, 1.807) is 11.8 Å². The van der Waals surface area contributed by atoms with Gasteiger partial charge in [-0.3, -0.25) is 19.8 Å². The maximum absolute atomic E-state index is 11.4. The minimum absolute atomic E-state index is 0.0614. The van der Waals surface area contributed by atoms with E-state index in [1.165, 1.54) is 0 Å². The van der Waals surface area contributed by atoms with E-state index in [0.29, 0.717) is 19.5 Å². The van der Waals surface area contributed by atoms with Crippen molar-refractivity contribution in [1.29, 1.82) is 0 Å². The molecule has 1 heterocycles. The number of carbonyl (C=O) groups is 3. The molecule has 0 aromatic heterocycles. The summed E-state index contributed by atoms with van der Waals surface area (Å²) >= 11 is 0. The van der Waals surface area contributed by atoms with Crippen LogP contribution in [0.1, 0.15) is 19.8 Å². The number of hydrogen-bond donors (Lipinski definition) is 3. The third-order valence-corrected chi connectivity index (χ3v) is 2.59. The van der Waals surface area contributed by atoms with Gasteiger partial charge in [-0.15, -0.1) is 0 Å². The van der Waals surface area contributed by atoms with Crippen LogP contribution in [0.4, 0.5) is 4.79 Å². The van der Waals surface area contributed by atoms with Crippen molar-refractivity contribution in [3.8, 4) is 0 Å². The summed E-state index contributed by atoms with van der Waals surface area (Å²) in [6.45, 7) is 2.68. The van der Waals surface area contributed by atoms with Gasteiger partial charge in [0, 0.05) is 6.54 Å². The van der Waals surface area contributed by atoms with E-state index in [0.717, 1.165) is 6.42 Å². The molecule has 3 amide bonds. The average molecular weight is 243 g/mol. The van der Waals surface area contributed by atoms with Gasteiger partial charge in [0.25, 0.3) is 0 Å². The predicted octanol–water partition coefficient (Wildman–Crippen LogP) is -0.619. The molecule has 0 aromatic rings. The highest BCUT2D eigenvalue weighted by Gasteiger charge is 2.31. The van der Waals surface area contributed by atoms with Crippen LogP contribution in [0.15, 0.2) is 0 Å². The van der Waals surface area contributed by atoms with Crippen molar-refractivity contribution in [3.05, 3.63) is 0 Å². The molecule has 1 aliphatic rings. The van der Waals surface area contributed by atoms with Gasteiger partial charge in [-0.1, -0.05) is 0 Å². The molecule has 1 atom stereocenters. The van der Waals surface area contributed by atoms with Gasteiger partial charge in [0.1, 0.15) is 6.04 Å². The van der Waals surface area contributed by atoms with Crippen molar-refractivity contribution in [2.45, 2.75) is 25.8 Å². The highest BCUT2D eigenvalue weighted by molar-refractivity contribution is 5.95. The third kappa shape index (κ3) is 4.03. The summed E-state index contributed by atoms with van der Waals surface area (Å²) in [4.78, 5) is 34.9. The highest BCUT2D eigenvalue weighted by atomic mass is 16.4. The van der Waals surface area contributed by atoms with Crippen LogP contribution in [0.25, 0.3) is 0 Å². The number of carboxylic acid groups (broad SMARTS) is 1. The Morgan fingerprint density at radius 2 is 2.12 bits per heavy atom. The summed E-state index contributed by atoms with van der Waals surface area (Å²) in [5, 5.41) is 13.5. The standard InChI is InChI=1S/C10H17N3O4/c1-2-11-10(17)12-8(14)6-13-5-3-4-7(13)9(15)16/h7H,2-6H2,1H3,(H,15,16)(H2,11,12,14,17)/t7-/m0/s1. The fourth-order valence-corrected chi connectivity index (χ4v) is 1.85. The molecule has 7 nitrogen and oxygen atoms in total. The predicted molar refractivity (Wildman–Crippen MR) is 59.4 cm³/mol. The van der Waals surface area contributed by atoms with Crippen molar-refractivity contribution in [2.75, 3.05) is 19.6 Å². The summed E-state index contributed by atoms with van der Waals surface area (Å²) in [6.07, 6.45) is 1.30. The minimum atomic E-state index is -0.923. The topological polar surface area (TPSA) is 98.7 Å². The van der Waals surface area contributed by atoms with Crippen LogP contribution < -0.4 is 10.6 Å². The fourth-order valence-electron chi connectivity index (χ4n) is 1.85. The number of nitrogens with one attached hydrogen (secondary N) is 2. The number of aliphatic carboxylic acids is 1. The first-order chi connectivity index (χ1) is 8.04. The number of nitrogens with zero attached hydrogens (tertiary/aromatic N) is 1. The maximum atomic E-state index is 11.4. The van der Waals surface area contributed by atoms with Crippen molar-refractivity contribution in [2.24, 2.45) is 0 Å². The largest absolute Gasteiger partial charge is 0.480 e. The van der Waals surface area contributed by atoms with Gasteiger partial charge in [-0.25, -0.2) is 4.79 Å². The maximum Gasteiger partial charge on any atom is 0.321 e. The molecule has 0 spiro atoms. The Morgan fingerprint density at radius 1 is 1.41 bits per heavy atom. The lowest BCUT2D eigenvalue weighted by molar-refractivity contribution is -0.142. The van der Waals surface area contributed by atoms with Crippen LogP contribution in [0.3, 0.4) is 0 Å². The van der Waals surface area contributed by atoms with Gasteiger partial charge in [-0.05, 0) is 26.3 Å². The summed E-state index contributed by atoms with van der Waals surface area (Å²) in [5.41, 5.74) is 0. The molecule has 1 rings (SSSR count). The normalized spacial score (nSPS) is 19.9. The SMILES string of the molecule is CCNC(=O)NC(=O)CN1CCC[C@H]1C(=O)O. The summed E-state index contributed by atoms with van der Waals surface area (Å²) in [7, 11) is 0. The van der Waals surface area contributed by atoms with Crippen LogP contribution in [-0.2, 0) is 9.59 Å². The second-order valence-corrected chi connectivity index (χ2v) is 3.87. The molecule has 96 valence electrons. The zero-order chi connectivity index (χ0) is 12.8. The van der Waals surface area contributed by atoms with E-state index >= 15 is 0 Å². The Hall–Kier alpha value is -1.63. The second-order valence-electron chi connectivity index (χ2n) is 3.87. The van der Waals surface area contributed by atoms with Crippen LogP contribution in [0.5, 0.6) is 0 Å².